The highest BCUT2D eigenvalue weighted by atomic mass is 35.5. The summed E-state index contributed by atoms with van der Waals surface area (Å²) < 4.78 is 0. The molecule has 0 aliphatic rings. The Morgan fingerprint density at radius 2 is 2.14 bits per heavy atom. The van der Waals surface area contributed by atoms with E-state index in [0.717, 1.165) is 5.56 Å². The van der Waals surface area contributed by atoms with Crippen molar-refractivity contribution in [1.29, 1.82) is 5.41 Å². The van der Waals surface area contributed by atoms with Crippen LogP contribution >= 0.6 is 23.2 Å². The number of rotatable bonds is 2. The molecule has 0 saturated carbocycles. The highest BCUT2D eigenvalue weighted by molar-refractivity contribution is 6.35. The van der Waals surface area contributed by atoms with Crippen molar-refractivity contribution in [3.63, 3.8) is 0 Å². The van der Waals surface area contributed by atoms with Crippen LogP contribution in [0.25, 0.3) is 6.08 Å². The van der Waals surface area contributed by atoms with Crippen molar-refractivity contribution >= 4 is 35.1 Å². The molecule has 0 aromatic heterocycles. The van der Waals surface area contributed by atoms with Crippen LogP contribution in [0.3, 0.4) is 0 Å². The number of hydrogen-bond acceptors (Lipinski definition) is 1. The molecule has 0 atom stereocenters. The van der Waals surface area contributed by atoms with Crippen molar-refractivity contribution in [3.05, 3.63) is 40.0 Å². The summed E-state index contributed by atoms with van der Waals surface area (Å²) in [5.41, 5.74) is 0.866. The molecule has 0 heterocycles. The molecule has 0 bridgehead atoms. The molecule has 14 heavy (non-hydrogen) atoms. The molecule has 2 N–H and O–H groups in total. The molecule has 0 spiro atoms. The Morgan fingerprint density at radius 1 is 1.43 bits per heavy atom. The zero-order valence-corrected chi connectivity index (χ0v) is 9.15. The van der Waals surface area contributed by atoms with E-state index in [2.05, 4.69) is 5.32 Å². The maximum atomic E-state index is 7.13. The van der Waals surface area contributed by atoms with Crippen LogP contribution < -0.4 is 5.32 Å². The monoisotopic (exact) mass is 228 g/mol. The van der Waals surface area contributed by atoms with Gasteiger partial charge >= 0.3 is 0 Å². The van der Waals surface area contributed by atoms with Crippen LogP contribution in [0.1, 0.15) is 12.5 Å². The van der Waals surface area contributed by atoms with Crippen LogP contribution in [0, 0.1) is 5.41 Å². The number of halogens is 2. The molecule has 2 nitrogen and oxygen atoms in total. The topological polar surface area (TPSA) is 35.9 Å². The highest BCUT2D eigenvalue weighted by Gasteiger charge is 1.96. The van der Waals surface area contributed by atoms with Crippen LogP contribution in [0.2, 0.25) is 10.0 Å². The zero-order chi connectivity index (χ0) is 10.6. The van der Waals surface area contributed by atoms with Gasteiger partial charge in [-0.25, -0.2) is 0 Å². The summed E-state index contributed by atoms with van der Waals surface area (Å²) in [5, 5.41) is 11.1. The zero-order valence-electron chi connectivity index (χ0n) is 7.64. The van der Waals surface area contributed by atoms with Gasteiger partial charge in [-0.1, -0.05) is 29.3 Å². The molecule has 0 fully saturated rings. The van der Waals surface area contributed by atoms with Gasteiger partial charge < -0.3 is 5.32 Å². The fraction of sp³-hybridized carbons (Fsp3) is 0.100. The Labute approximate surface area is 93.0 Å². The normalized spacial score (nSPS) is 10.5. The van der Waals surface area contributed by atoms with Crippen molar-refractivity contribution in [3.8, 4) is 0 Å². The molecule has 1 aromatic carbocycles. The second-order valence-corrected chi connectivity index (χ2v) is 3.61. The summed E-state index contributed by atoms with van der Waals surface area (Å²) in [6, 6.07) is 5.27. The maximum Gasteiger partial charge on any atom is 0.0939 e. The van der Waals surface area contributed by atoms with Crippen LogP contribution in [0.5, 0.6) is 0 Å². The molecule has 0 aliphatic carbocycles. The summed E-state index contributed by atoms with van der Waals surface area (Å²) in [7, 11) is 0. The van der Waals surface area contributed by atoms with Crippen LogP contribution in [-0.2, 0) is 0 Å². The minimum absolute atomic E-state index is 0.381. The first kappa shape index (κ1) is 11.1. The van der Waals surface area contributed by atoms with Gasteiger partial charge in [-0.15, -0.1) is 0 Å². The van der Waals surface area contributed by atoms with Gasteiger partial charge in [-0.3, -0.25) is 5.41 Å². The first-order valence-corrected chi connectivity index (χ1v) is 4.78. The molecular formula is C10H10Cl2N2. The van der Waals surface area contributed by atoms with Crippen LogP contribution in [-0.4, -0.2) is 5.84 Å². The molecule has 0 radical (unpaired) electrons. The molecule has 1 aromatic rings. The third-order valence-electron chi connectivity index (χ3n) is 1.53. The van der Waals surface area contributed by atoms with E-state index in [9.17, 15) is 0 Å². The first-order valence-electron chi connectivity index (χ1n) is 4.03. The standard InChI is InChI=1S/C10H10Cl2N2/c1-7(13)14-5-4-8-2-3-9(11)6-10(8)12/h2-6H,1H3,(H2,13,14). The lowest BCUT2D eigenvalue weighted by Gasteiger charge is -1.99. The maximum absolute atomic E-state index is 7.13. The summed E-state index contributed by atoms with van der Waals surface area (Å²) >= 11 is 11.7. The lowest BCUT2D eigenvalue weighted by atomic mass is 10.2. The van der Waals surface area contributed by atoms with Crippen molar-refractivity contribution in [2.75, 3.05) is 0 Å². The molecular weight excluding hydrogens is 219 g/mol. The molecule has 0 aliphatic heterocycles. The number of benzene rings is 1. The third-order valence-corrected chi connectivity index (χ3v) is 2.09. The molecule has 74 valence electrons. The molecule has 0 saturated heterocycles. The van der Waals surface area contributed by atoms with Gasteiger partial charge in [0.15, 0.2) is 0 Å². The Morgan fingerprint density at radius 3 is 2.71 bits per heavy atom. The van der Waals surface area contributed by atoms with E-state index in [0.29, 0.717) is 15.9 Å². The van der Waals surface area contributed by atoms with Gasteiger partial charge in [0.2, 0.25) is 0 Å². The lowest BCUT2D eigenvalue weighted by molar-refractivity contribution is 1.22. The van der Waals surface area contributed by atoms with Gasteiger partial charge in [0.1, 0.15) is 0 Å². The van der Waals surface area contributed by atoms with E-state index >= 15 is 0 Å². The fourth-order valence-corrected chi connectivity index (χ4v) is 1.36. The largest absolute Gasteiger partial charge is 0.351 e. The van der Waals surface area contributed by atoms with E-state index in [4.69, 9.17) is 28.6 Å². The third kappa shape index (κ3) is 3.40. The minimum Gasteiger partial charge on any atom is -0.351 e. The Balaban J connectivity index is 2.76. The van der Waals surface area contributed by atoms with Gasteiger partial charge in [0.05, 0.1) is 5.84 Å². The average molecular weight is 229 g/mol. The Kier molecular flexibility index (Phi) is 3.98. The molecule has 0 unspecified atom stereocenters. The number of nitrogens with one attached hydrogen (secondary N) is 2. The number of amidine groups is 1. The first-order chi connectivity index (χ1) is 6.59. The predicted molar refractivity (Wildman–Crippen MR) is 62.0 cm³/mol. The quantitative estimate of drug-likeness (QED) is 0.590. The van der Waals surface area contributed by atoms with E-state index in [1.807, 2.05) is 6.07 Å². The van der Waals surface area contributed by atoms with E-state index in [1.54, 1.807) is 31.3 Å². The van der Waals surface area contributed by atoms with Crippen molar-refractivity contribution in [2.24, 2.45) is 0 Å². The lowest BCUT2D eigenvalue weighted by Crippen LogP contribution is -2.10. The van der Waals surface area contributed by atoms with Gasteiger partial charge in [-0.05, 0) is 30.7 Å². The summed E-state index contributed by atoms with van der Waals surface area (Å²) in [6.07, 6.45) is 3.45. The molecule has 1 rings (SSSR count). The van der Waals surface area contributed by atoms with Crippen LogP contribution in [0.4, 0.5) is 0 Å². The van der Waals surface area contributed by atoms with Crippen molar-refractivity contribution in [2.45, 2.75) is 6.92 Å². The second kappa shape index (κ2) is 5.03. The smallest absolute Gasteiger partial charge is 0.0939 e. The van der Waals surface area contributed by atoms with Crippen molar-refractivity contribution in [1.82, 2.24) is 5.32 Å². The summed E-state index contributed by atoms with van der Waals surface area (Å²) in [5.74, 6) is 0.381. The van der Waals surface area contributed by atoms with E-state index < -0.39 is 0 Å². The minimum atomic E-state index is 0.381. The summed E-state index contributed by atoms with van der Waals surface area (Å²) in [6.45, 7) is 1.66. The Bertz CT molecular complexity index is 372. The molecule has 0 amide bonds. The van der Waals surface area contributed by atoms with Gasteiger partial charge in [0.25, 0.3) is 0 Å². The number of hydrogen-bond donors (Lipinski definition) is 2. The van der Waals surface area contributed by atoms with Gasteiger partial charge in [0, 0.05) is 16.2 Å². The van der Waals surface area contributed by atoms with E-state index in [1.165, 1.54) is 0 Å². The second-order valence-electron chi connectivity index (χ2n) is 2.77. The van der Waals surface area contributed by atoms with Crippen LogP contribution in [0.15, 0.2) is 24.4 Å². The fourth-order valence-electron chi connectivity index (χ4n) is 0.893. The SMILES string of the molecule is CC(=N)NC=Cc1ccc(Cl)cc1Cl. The molecule has 4 heteroatoms. The average Bonchev–Trinajstić information content (AvgIpc) is 2.08. The van der Waals surface area contributed by atoms with Crippen molar-refractivity contribution < 1.29 is 0 Å². The predicted octanol–water partition coefficient (Wildman–Crippen LogP) is 3.55. The Hall–Kier alpha value is -0.990. The van der Waals surface area contributed by atoms with Gasteiger partial charge in [-0.2, -0.15) is 0 Å². The van der Waals surface area contributed by atoms with E-state index in [-0.39, 0.29) is 0 Å². The summed E-state index contributed by atoms with van der Waals surface area (Å²) in [4.78, 5) is 0. The highest BCUT2D eigenvalue weighted by Crippen LogP contribution is 2.21.